The number of anilines is 1. The number of nitrogen functional groups attached to an aromatic ring is 1. The van der Waals surface area contributed by atoms with Crippen molar-refractivity contribution in [1.29, 1.82) is 0 Å². The average molecular weight is 438 g/mol. The second-order valence-corrected chi connectivity index (χ2v) is 6.85. The highest BCUT2D eigenvalue weighted by molar-refractivity contribution is 5.40. The number of benzene rings is 1. The molecule has 1 heterocycles. The number of ether oxygens (including phenoxy) is 2. The number of hydrogen-bond acceptors (Lipinski definition) is 4. The number of alkyl halides is 6. The van der Waals surface area contributed by atoms with Crippen LogP contribution in [0.25, 0.3) is 0 Å². The molecule has 166 valence electrons. The monoisotopic (exact) mass is 438 g/mol. The van der Waals surface area contributed by atoms with Crippen molar-refractivity contribution in [3.63, 3.8) is 0 Å². The zero-order valence-corrected chi connectivity index (χ0v) is 16.5. The molecule has 0 bridgehead atoms. The third-order valence-electron chi connectivity index (χ3n) is 4.56. The molecule has 0 aliphatic heterocycles. The van der Waals surface area contributed by atoms with E-state index in [1.807, 2.05) is 0 Å². The fourth-order valence-corrected chi connectivity index (χ4v) is 2.83. The van der Waals surface area contributed by atoms with Gasteiger partial charge in [-0.05, 0) is 30.7 Å². The fraction of sp³-hybridized carbons (Fsp3) is 0.421. The number of nitrogens with one attached hydrogen (secondary N) is 1. The number of nitrogens with zero attached hydrogens (tertiary/aromatic N) is 1. The topological polar surface area (TPSA) is 60.4 Å². The zero-order valence-electron chi connectivity index (χ0n) is 16.5. The van der Waals surface area contributed by atoms with E-state index in [0.29, 0.717) is 21.9 Å². The van der Waals surface area contributed by atoms with Crippen LogP contribution in [0.5, 0.6) is 11.6 Å². The first-order valence-electron chi connectivity index (χ1n) is 8.69. The highest BCUT2D eigenvalue weighted by Crippen LogP contribution is 2.36. The third kappa shape index (κ3) is 5.26. The van der Waals surface area contributed by atoms with Crippen LogP contribution in [0.3, 0.4) is 0 Å². The third-order valence-corrected chi connectivity index (χ3v) is 4.56. The van der Waals surface area contributed by atoms with Crippen LogP contribution in [-0.4, -0.2) is 25.9 Å². The Bertz CT molecular complexity index is 868. The maximum atomic E-state index is 13.9. The summed E-state index contributed by atoms with van der Waals surface area (Å²) in [5, 5.41) is 2.40. The summed E-state index contributed by atoms with van der Waals surface area (Å²) in [6.45, 7) is -0.222. The molecule has 0 radical (unpaired) electrons. The van der Waals surface area contributed by atoms with Crippen molar-refractivity contribution in [3.05, 3.63) is 47.7 Å². The molecule has 0 amide bonds. The first-order chi connectivity index (χ1) is 13.8. The van der Waals surface area contributed by atoms with Gasteiger partial charge in [-0.1, -0.05) is 12.1 Å². The van der Waals surface area contributed by atoms with Crippen molar-refractivity contribution < 1.29 is 40.4 Å². The maximum absolute atomic E-state index is 13.9. The molecule has 0 aliphatic rings. The molecule has 5 nitrogen and oxygen atoms in total. The van der Waals surface area contributed by atoms with Crippen LogP contribution in [-0.2, 0) is 19.3 Å². The number of pyridine rings is 1. The average Bonchev–Trinajstić information content (AvgIpc) is 2.65. The van der Waals surface area contributed by atoms with E-state index in [9.17, 15) is 26.3 Å². The second-order valence-electron chi connectivity index (χ2n) is 6.85. The van der Waals surface area contributed by atoms with E-state index < -0.39 is 35.9 Å². The number of halogens is 6. The lowest BCUT2D eigenvalue weighted by molar-refractivity contribution is -0.713. The minimum atomic E-state index is -4.85. The van der Waals surface area contributed by atoms with Gasteiger partial charge in [-0.15, -0.1) is 0 Å². The van der Waals surface area contributed by atoms with Gasteiger partial charge in [0.25, 0.3) is 0 Å². The molecule has 3 N–H and O–H groups in total. The summed E-state index contributed by atoms with van der Waals surface area (Å²) < 4.78 is 92.1. The van der Waals surface area contributed by atoms with E-state index in [0.717, 1.165) is 20.2 Å². The Hall–Kier alpha value is -2.69. The van der Waals surface area contributed by atoms with Crippen molar-refractivity contribution >= 4 is 5.69 Å². The largest absolute Gasteiger partial charge is 0.497 e. The SMILES string of the molecule is COc1ccc(CNC(C)(C[n+]2cc(N)cc(C(F)(F)F)c2OC)C(F)(F)F)cc1. The van der Waals surface area contributed by atoms with E-state index in [4.69, 9.17) is 15.2 Å². The summed E-state index contributed by atoms with van der Waals surface area (Å²) in [7, 11) is 2.41. The molecule has 1 aromatic carbocycles. The lowest BCUT2D eigenvalue weighted by atomic mass is 10.00. The van der Waals surface area contributed by atoms with Gasteiger partial charge in [-0.3, -0.25) is 5.32 Å². The van der Waals surface area contributed by atoms with Gasteiger partial charge in [0, 0.05) is 6.54 Å². The minimum Gasteiger partial charge on any atom is -0.497 e. The molecular weight excluding hydrogens is 416 g/mol. The number of nitrogens with two attached hydrogens (primary N) is 1. The van der Waals surface area contributed by atoms with E-state index in [1.54, 1.807) is 24.3 Å². The molecule has 1 unspecified atom stereocenters. The Morgan fingerprint density at radius 1 is 1.00 bits per heavy atom. The Labute approximate surface area is 169 Å². The summed E-state index contributed by atoms with van der Waals surface area (Å²) in [6.07, 6.45) is -8.67. The first kappa shape index (κ1) is 23.6. The van der Waals surface area contributed by atoms with E-state index in [1.165, 1.54) is 7.11 Å². The molecular formula is C19H22F6N3O2+. The van der Waals surface area contributed by atoms with Crippen molar-refractivity contribution in [1.82, 2.24) is 5.32 Å². The molecule has 2 rings (SSSR count). The normalized spacial score (nSPS) is 14.3. The molecule has 1 atom stereocenters. The summed E-state index contributed by atoms with van der Waals surface area (Å²) in [6, 6.07) is 6.96. The van der Waals surface area contributed by atoms with Crippen molar-refractivity contribution in [2.24, 2.45) is 0 Å². The van der Waals surface area contributed by atoms with Crippen LogP contribution in [0.15, 0.2) is 36.5 Å². The first-order valence-corrected chi connectivity index (χ1v) is 8.69. The fourth-order valence-electron chi connectivity index (χ4n) is 2.83. The smallest absolute Gasteiger partial charge is 0.426 e. The lowest BCUT2D eigenvalue weighted by Gasteiger charge is -2.31. The van der Waals surface area contributed by atoms with Gasteiger partial charge < -0.3 is 15.2 Å². The second kappa shape index (κ2) is 8.58. The van der Waals surface area contributed by atoms with Gasteiger partial charge >= 0.3 is 18.2 Å². The molecule has 0 aliphatic carbocycles. The Balaban J connectivity index is 2.39. The highest BCUT2D eigenvalue weighted by Gasteiger charge is 2.55. The van der Waals surface area contributed by atoms with E-state index >= 15 is 0 Å². The van der Waals surface area contributed by atoms with Gasteiger partial charge in [0.2, 0.25) is 0 Å². The van der Waals surface area contributed by atoms with Crippen LogP contribution in [0.4, 0.5) is 32.0 Å². The molecule has 0 spiro atoms. The standard InChI is InChI=1S/C19H22F6N3O2/c1-17(19(23,24)25,27-9-12-4-6-14(29-2)7-5-12)11-28-10-13(26)8-15(16(28)30-3)18(20,21)22/h4-8,10,27H,9,11,26H2,1-3H3/q+1. The molecule has 30 heavy (non-hydrogen) atoms. The van der Waals surface area contributed by atoms with Gasteiger partial charge in [0.05, 0.1) is 19.9 Å². The van der Waals surface area contributed by atoms with Crippen LogP contribution >= 0.6 is 0 Å². The highest BCUT2D eigenvalue weighted by atomic mass is 19.4. The maximum Gasteiger partial charge on any atom is 0.426 e. The van der Waals surface area contributed by atoms with Crippen LogP contribution < -0.4 is 25.1 Å². The molecule has 0 saturated carbocycles. The van der Waals surface area contributed by atoms with E-state index in [-0.39, 0.29) is 12.2 Å². The summed E-state index contributed by atoms with van der Waals surface area (Å²) in [4.78, 5) is 0. The van der Waals surface area contributed by atoms with Crippen LogP contribution in [0.1, 0.15) is 18.1 Å². The number of hydrogen-bond donors (Lipinski definition) is 2. The Kier molecular flexibility index (Phi) is 6.75. The van der Waals surface area contributed by atoms with Gasteiger partial charge in [-0.25, -0.2) is 0 Å². The molecule has 2 aromatic rings. The zero-order chi connectivity index (χ0) is 22.7. The van der Waals surface area contributed by atoms with Crippen molar-refractivity contribution in [2.45, 2.75) is 37.9 Å². The predicted molar refractivity (Wildman–Crippen MR) is 96.9 cm³/mol. The molecule has 0 saturated heterocycles. The van der Waals surface area contributed by atoms with Crippen LogP contribution in [0, 0.1) is 0 Å². The van der Waals surface area contributed by atoms with Crippen molar-refractivity contribution in [3.8, 4) is 11.6 Å². The molecule has 1 aromatic heterocycles. The minimum absolute atomic E-state index is 0.183. The number of methoxy groups -OCH3 is 2. The Morgan fingerprint density at radius 2 is 1.60 bits per heavy atom. The molecule has 11 heteroatoms. The van der Waals surface area contributed by atoms with Gasteiger partial charge in [-0.2, -0.15) is 30.9 Å². The van der Waals surface area contributed by atoms with E-state index in [2.05, 4.69) is 5.32 Å². The molecule has 0 fully saturated rings. The van der Waals surface area contributed by atoms with Crippen molar-refractivity contribution in [2.75, 3.05) is 20.0 Å². The Morgan fingerprint density at radius 3 is 2.07 bits per heavy atom. The van der Waals surface area contributed by atoms with Gasteiger partial charge in [0.15, 0.2) is 23.8 Å². The predicted octanol–water partition coefficient (Wildman–Crippen LogP) is 3.70. The number of rotatable bonds is 7. The summed E-state index contributed by atoms with van der Waals surface area (Å²) in [5.74, 6) is -0.226. The summed E-state index contributed by atoms with van der Waals surface area (Å²) in [5.41, 5.74) is 1.86. The van der Waals surface area contributed by atoms with Crippen LogP contribution in [0.2, 0.25) is 0 Å². The quantitative estimate of drug-likeness (QED) is 0.511. The van der Waals surface area contributed by atoms with Gasteiger partial charge in [0.1, 0.15) is 5.75 Å². The number of aromatic nitrogens is 1. The lowest BCUT2D eigenvalue weighted by Crippen LogP contribution is -2.62. The summed E-state index contributed by atoms with van der Waals surface area (Å²) >= 11 is 0.